The van der Waals surface area contributed by atoms with Gasteiger partial charge in [0, 0.05) is 11.5 Å². The van der Waals surface area contributed by atoms with E-state index in [1.165, 1.54) is 19.3 Å². The Bertz CT molecular complexity index is 436. The van der Waals surface area contributed by atoms with E-state index in [-0.39, 0.29) is 114 Å². The fraction of sp³-hybridized carbons (Fsp3) is 1.00. The molecule has 0 unspecified atom stereocenters. The summed E-state index contributed by atoms with van der Waals surface area (Å²) in [6.07, 6.45) is 12.5. The minimum Gasteiger partial charge on any atom is -0.748 e. The largest absolute Gasteiger partial charge is 1.00 e. The average Bonchev–Trinajstić information content (AvgIpc) is 2.40. The molecule has 0 radical (unpaired) electrons. The van der Waals surface area contributed by atoms with Gasteiger partial charge in [-0.2, -0.15) is 0 Å². The van der Waals surface area contributed by atoms with Crippen molar-refractivity contribution >= 4 is 20.2 Å². The maximum absolute atomic E-state index is 10.4. The molecule has 0 saturated heterocycles. The van der Waals surface area contributed by atoms with E-state index in [4.69, 9.17) is 0 Å². The molecule has 0 aromatic heterocycles. The molecule has 10 heteroatoms. The summed E-state index contributed by atoms with van der Waals surface area (Å²) in [7, 11) is -8.09. The number of hydrogen-bond acceptors (Lipinski definition) is 6. The van der Waals surface area contributed by atoms with Crippen LogP contribution < -0.4 is 103 Å². The van der Waals surface area contributed by atoms with Crippen LogP contribution in [0.3, 0.4) is 0 Å². The molecule has 0 rings (SSSR count). The Morgan fingerprint density at radius 1 is 0.400 bits per heavy atom. The molecule has 0 heterocycles. The Labute approximate surface area is 239 Å². The molecule has 0 aromatic carbocycles. The number of rotatable bonds is 16. The van der Waals surface area contributed by atoms with Crippen molar-refractivity contribution in [3.8, 4) is 0 Å². The molecule has 0 atom stereocenters. The molecule has 25 heavy (non-hydrogen) atoms. The molecule has 0 spiro atoms. The van der Waals surface area contributed by atoms with Crippen LogP contribution in [0.5, 0.6) is 0 Å². The van der Waals surface area contributed by atoms with Gasteiger partial charge >= 0.3 is 103 Å². The normalized spacial score (nSPS) is 11.6. The van der Waals surface area contributed by atoms with Crippen LogP contribution in [0.1, 0.15) is 83.5 Å². The van der Waals surface area contributed by atoms with Crippen LogP contribution >= 0.6 is 0 Å². The van der Waals surface area contributed by atoms with Gasteiger partial charge < -0.3 is 9.11 Å². The maximum Gasteiger partial charge on any atom is 1.00 e. The van der Waals surface area contributed by atoms with Crippen molar-refractivity contribution in [2.45, 2.75) is 83.5 Å². The Morgan fingerprint density at radius 3 is 0.720 bits per heavy atom. The second-order valence-electron chi connectivity index (χ2n) is 6.12. The predicted octanol–water partition coefficient (Wildman–Crippen LogP) is -2.84. The van der Waals surface area contributed by atoms with Crippen molar-refractivity contribution < 1.29 is 129 Å². The van der Waals surface area contributed by atoms with Crippen molar-refractivity contribution in [2.24, 2.45) is 0 Å². The average molecular weight is 449 g/mol. The topological polar surface area (TPSA) is 114 Å². The van der Waals surface area contributed by atoms with Crippen LogP contribution in [0.15, 0.2) is 0 Å². The molecule has 0 N–H and O–H groups in total. The van der Waals surface area contributed by atoms with Crippen molar-refractivity contribution in [3.63, 3.8) is 0 Å². The van der Waals surface area contributed by atoms with E-state index >= 15 is 0 Å². The Balaban J connectivity index is -0.00000242. The third kappa shape index (κ3) is 32.0. The number of unbranched alkanes of at least 4 members (excludes halogenated alkanes) is 12. The van der Waals surface area contributed by atoms with Gasteiger partial charge in [-0.25, -0.2) is 16.8 Å². The van der Waals surface area contributed by atoms with Gasteiger partial charge in [-0.1, -0.05) is 70.6 Å². The molecule has 0 aromatic rings. The summed E-state index contributed by atoms with van der Waals surface area (Å²) < 4.78 is 62.4. The first kappa shape index (κ1) is 32.7. The van der Waals surface area contributed by atoms with Crippen LogP contribution in [-0.2, 0) is 20.2 Å². The van der Waals surface area contributed by atoms with E-state index in [0.717, 1.165) is 51.4 Å². The number of hydrogen-bond donors (Lipinski definition) is 0. The van der Waals surface area contributed by atoms with Crippen LogP contribution in [0.25, 0.3) is 0 Å². The van der Waals surface area contributed by atoms with Crippen LogP contribution in [-0.4, -0.2) is 37.4 Å². The molecule has 0 aliphatic carbocycles. The van der Waals surface area contributed by atoms with E-state index in [9.17, 15) is 25.9 Å². The molecule has 6 nitrogen and oxygen atoms in total. The zero-order chi connectivity index (χ0) is 17.6. The fourth-order valence-electron chi connectivity index (χ4n) is 2.50. The monoisotopic (exact) mass is 448 g/mol. The smallest absolute Gasteiger partial charge is 0.748 e. The van der Waals surface area contributed by atoms with E-state index in [0.29, 0.717) is 12.8 Å². The predicted molar refractivity (Wildman–Crippen MR) is 89.1 cm³/mol. The minimum absolute atomic E-state index is 0. The van der Waals surface area contributed by atoms with Crippen molar-refractivity contribution in [1.82, 2.24) is 0 Å². The summed E-state index contributed by atoms with van der Waals surface area (Å²) in [5, 5.41) is 0. The molecular formula is C15H30K2O6S2. The standard InChI is InChI=1S/C15H32O6S2.2K/c16-22(17,18)14-12-10-8-6-4-2-1-3-5-7-9-11-13-15-23(19,20)21;;/h1-15H2,(H,16,17,18)(H,19,20,21);;/q;2*+1/p-2. The van der Waals surface area contributed by atoms with E-state index in [2.05, 4.69) is 0 Å². The van der Waals surface area contributed by atoms with Gasteiger partial charge in [-0.15, -0.1) is 0 Å². The fourth-order valence-corrected chi connectivity index (χ4v) is 3.62. The first-order valence-electron chi connectivity index (χ1n) is 8.58. The van der Waals surface area contributed by atoms with Crippen molar-refractivity contribution in [1.29, 1.82) is 0 Å². The second kappa shape index (κ2) is 20.4. The Kier molecular flexibility index (Phi) is 26.7. The van der Waals surface area contributed by atoms with Gasteiger partial charge in [0.15, 0.2) is 0 Å². The molecular weight excluding hydrogens is 418 g/mol. The van der Waals surface area contributed by atoms with Gasteiger partial charge in [-0.05, 0) is 12.8 Å². The summed E-state index contributed by atoms with van der Waals surface area (Å²) in [4.78, 5) is 0. The van der Waals surface area contributed by atoms with Crippen LogP contribution in [0, 0.1) is 0 Å². The molecule has 0 amide bonds. The van der Waals surface area contributed by atoms with Gasteiger partial charge in [0.1, 0.15) is 0 Å². The molecule has 0 aliphatic rings. The molecule has 0 saturated carbocycles. The SMILES string of the molecule is O=S(=O)([O-])CCCCCCCCCCCCCCCS(=O)(=O)[O-].[K+].[K+]. The summed E-state index contributed by atoms with van der Waals surface area (Å²) >= 11 is 0. The first-order chi connectivity index (χ1) is 10.7. The van der Waals surface area contributed by atoms with Crippen molar-refractivity contribution in [2.75, 3.05) is 11.5 Å². The van der Waals surface area contributed by atoms with E-state index in [1.54, 1.807) is 0 Å². The first-order valence-corrected chi connectivity index (χ1v) is 11.7. The third-order valence-corrected chi connectivity index (χ3v) is 5.37. The van der Waals surface area contributed by atoms with Crippen LogP contribution in [0.4, 0.5) is 0 Å². The Hall–Kier alpha value is 3.09. The van der Waals surface area contributed by atoms with Crippen molar-refractivity contribution in [3.05, 3.63) is 0 Å². The van der Waals surface area contributed by atoms with Gasteiger partial charge in [0.2, 0.25) is 0 Å². The zero-order valence-electron chi connectivity index (χ0n) is 15.9. The summed E-state index contributed by atoms with van der Waals surface area (Å²) in [6, 6.07) is 0. The van der Waals surface area contributed by atoms with Gasteiger partial charge in [-0.3, -0.25) is 0 Å². The summed E-state index contributed by atoms with van der Waals surface area (Å²) in [5.74, 6) is -0.485. The zero-order valence-corrected chi connectivity index (χ0v) is 23.8. The van der Waals surface area contributed by atoms with Gasteiger partial charge in [0.25, 0.3) is 0 Å². The summed E-state index contributed by atoms with van der Waals surface area (Å²) in [6.45, 7) is 0. The molecule has 0 fully saturated rings. The second-order valence-corrected chi connectivity index (χ2v) is 9.17. The van der Waals surface area contributed by atoms with E-state index in [1.807, 2.05) is 0 Å². The van der Waals surface area contributed by atoms with Gasteiger partial charge in [0.05, 0.1) is 20.2 Å². The molecule has 0 aliphatic heterocycles. The minimum atomic E-state index is -4.04. The molecule has 140 valence electrons. The third-order valence-electron chi connectivity index (χ3n) is 3.79. The quantitative estimate of drug-likeness (QED) is 0.143. The molecule has 0 bridgehead atoms. The van der Waals surface area contributed by atoms with Crippen LogP contribution in [0.2, 0.25) is 0 Å². The Morgan fingerprint density at radius 2 is 0.560 bits per heavy atom. The van der Waals surface area contributed by atoms with E-state index < -0.39 is 20.2 Å². The summed E-state index contributed by atoms with van der Waals surface area (Å²) in [5.41, 5.74) is 0. The maximum atomic E-state index is 10.4.